The van der Waals surface area contributed by atoms with Crippen molar-refractivity contribution in [2.24, 2.45) is 0 Å². The Hall–Kier alpha value is -3.37. The van der Waals surface area contributed by atoms with Crippen molar-refractivity contribution in [2.75, 3.05) is 43.1 Å². The van der Waals surface area contributed by atoms with Crippen molar-refractivity contribution in [3.8, 4) is 5.75 Å². The maximum Gasteiger partial charge on any atom is 0.267 e. The lowest BCUT2D eigenvalue weighted by molar-refractivity contribution is -0.123. The van der Waals surface area contributed by atoms with Crippen LogP contribution < -0.4 is 20.1 Å². The number of rotatable bonds is 6. The van der Waals surface area contributed by atoms with Crippen molar-refractivity contribution < 1.29 is 9.53 Å². The number of para-hydroxylation sites is 2. The molecule has 37 heavy (non-hydrogen) atoms. The summed E-state index contributed by atoms with van der Waals surface area (Å²) in [4.78, 5) is 38.3. The Morgan fingerprint density at radius 3 is 2.51 bits per heavy atom. The highest BCUT2D eigenvalue weighted by molar-refractivity contribution is 8.26. The fraction of sp³-hybridized carbons (Fsp3) is 0.333. The third-order valence-corrected chi connectivity index (χ3v) is 8.21. The van der Waals surface area contributed by atoms with Gasteiger partial charge in [0.15, 0.2) is 0 Å². The van der Waals surface area contributed by atoms with E-state index in [1.54, 1.807) is 30.3 Å². The van der Waals surface area contributed by atoms with Crippen molar-refractivity contribution >= 4 is 57.4 Å². The highest BCUT2D eigenvalue weighted by Crippen LogP contribution is 2.35. The zero-order valence-electron chi connectivity index (χ0n) is 21.1. The van der Waals surface area contributed by atoms with Gasteiger partial charge in [-0.1, -0.05) is 49.1 Å². The van der Waals surface area contributed by atoms with Crippen LogP contribution in [0, 0.1) is 0 Å². The number of hydrogen-bond acceptors (Lipinski definition) is 8. The van der Waals surface area contributed by atoms with Gasteiger partial charge in [0.1, 0.15) is 21.5 Å². The maximum absolute atomic E-state index is 13.7. The second-order valence-electron chi connectivity index (χ2n) is 9.04. The molecule has 2 aromatic heterocycles. The standard InChI is InChI=1S/C27H29N5O3S2/c1-4-18(2)32-26(34)22(37-27(32)36)17-19-24(28-23-11-7-8-12-31(23)25(19)33)30-15-13-29(14-16-30)20-9-5-6-10-21(20)35-3/h5-12,17-18H,4,13-16H2,1-3H3. The Bertz CT molecular complexity index is 1450. The van der Waals surface area contributed by atoms with Crippen molar-refractivity contribution in [3.05, 3.63) is 69.5 Å². The summed E-state index contributed by atoms with van der Waals surface area (Å²) in [6.45, 7) is 6.82. The lowest BCUT2D eigenvalue weighted by Gasteiger charge is -2.37. The fourth-order valence-electron chi connectivity index (χ4n) is 4.68. The Kier molecular flexibility index (Phi) is 7.21. The number of nitrogens with zero attached hydrogens (tertiary/aromatic N) is 5. The van der Waals surface area contributed by atoms with Gasteiger partial charge >= 0.3 is 0 Å². The summed E-state index contributed by atoms with van der Waals surface area (Å²) >= 11 is 6.75. The molecule has 10 heteroatoms. The molecule has 2 saturated heterocycles. The van der Waals surface area contributed by atoms with Crippen molar-refractivity contribution in [2.45, 2.75) is 26.3 Å². The van der Waals surface area contributed by atoms with Crippen LogP contribution in [0.3, 0.4) is 0 Å². The zero-order valence-corrected chi connectivity index (χ0v) is 22.7. The first-order valence-corrected chi connectivity index (χ1v) is 13.6. The van der Waals surface area contributed by atoms with Crippen molar-refractivity contribution in [3.63, 3.8) is 0 Å². The number of hydrogen-bond donors (Lipinski definition) is 0. The topological polar surface area (TPSA) is 70.4 Å². The normalized spacial score (nSPS) is 18.2. The van der Waals surface area contributed by atoms with E-state index in [0.29, 0.717) is 39.3 Å². The minimum atomic E-state index is -0.207. The molecule has 1 atom stereocenters. The number of benzene rings is 1. The molecule has 2 aliphatic heterocycles. The van der Waals surface area contributed by atoms with Gasteiger partial charge in [0.2, 0.25) is 0 Å². The molecule has 0 aliphatic carbocycles. The van der Waals surface area contributed by atoms with E-state index in [0.717, 1.165) is 30.9 Å². The third kappa shape index (κ3) is 4.71. The van der Waals surface area contributed by atoms with Crippen LogP contribution in [0.4, 0.5) is 11.5 Å². The highest BCUT2D eigenvalue weighted by Gasteiger charge is 2.35. The summed E-state index contributed by atoms with van der Waals surface area (Å²) < 4.78 is 7.59. The number of carbonyl (C=O) groups is 1. The number of pyridine rings is 1. The summed E-state index contributed by atoms with van der Waals surface area (Å²) in [6.07, 6.45) is 4.18. The largest absolute Gasteiger partial charge is 0.495 e. The molecule has 8 nitrogen and oxygen atoms in total. The smallest absolute Gasteiger partial charge is 0.267 e. The molecule has 192 valence electrons. The summed E-state index contributed by atoms with van der Waals surface area (Å²) in [5.41, 5.74) is 1.81. The second-order valence-corrected chi connectivity index (χ2v) is 10.7. The Balaban J connectivity index is 1.51. The van der Waals surface area contributed by atoms with Crippen LogP contribution in [-0.2, 0) is 4.79 Å². The van der Waals surface area contributed by atoms with Crippen molar-refractivity contribution in [1.29, 1.82) is 0 Å². The number of thiocarbonyl (C=S) groups is 1. The minimum Gasteiger partial charge on any atom is -0.495 e. The Labute approximate surface area is 225 Å². The first kappa shape index (κ1) is 25.3. The fourth-order valence-corrected chi connectivity index (χ4v) is 6.13. The molecular weight excluding hydrogens is 506 g/mol. The number of ether oxygens (including phenoxy) is 1. The van der Waals surface area contributed by atoms with E-state index in [2.05, 4.69) is 15.9 Å². The van der Waals surface area contributed by atoms with E-state index in [1.165, 1.54) is 16.2 Å². The first-order chi connectivity index (χ1) is 17.9. The van der Waals surface area contributed by atoms with Crippen LogP contribution in [0.5, 0.6) is 5.75 Å². The van der Waals surface area contributed by atoms with Crippen LogP contribution in [0.25, 0.3) is 11.7 Å². The Morgan fingerprint density at radius 2 is 1.78 bits per heavy atom. The lowest BCUT2D eigenvalue weighted by atomic mass is 10.2. The van der Waals surface area contributed by atoms with Gasteiger partial charge in [0.25, 0.3) is 11.5 Å². The van der Waals surface area contributed by atoms with E-state index in [-0.39, 0.29) is 17.5 Å². The van der Waals surface area contributed by atoms with E-state index < -0.39 is 0 Å². The van der Waals surface area contributed by atoms with Gasteiger partial charge in [-0.3, -0.25) is 18.9 Å². The molecule has 0 saturated carbocycles. The van der Waals surface area contributed by atoms with Gasteiger partial charge in [0, 0.05) is 38.4 Å². The minimum absolute atomic E-state index is 0.00301. The summed E-state index contributed by atoms with van der Waals surface area (Å²) in [5.74, 6) is 1.26. The van der Waals surface area contributed by atoms with Crippen LogP contribution in [0.1, 0.15) is 25.8 Å². The van der Waals surface area contributed by atoms with Gasteiger partial charge in [-0.2, -0.15) is 0 Å². The van der Waals surface area contributed by atoms with E-state index >= 15 is 0 Å². The maximum atomic E-state index is 13.7. The number of aromatic nitrogens is 2. The predicted octanol–water partition coefficient (Wildman–Crippen LogP) is 4.03. The highest BCUT2D eigenvalue weighted by atomic mass is 32.2. The molecule has 1 unspecified atom stereocenters. The average Bonchev–Trinajstić information content (AvgIpc) is 3.22. The van der Waals surface area contributed by atoms with Crippen LogP contribution in [-0.4, -0.2) is 63.8 Å². The molecule has 2 fully saturated rings. The third-order valence-electron chi connectivity index (χ3n) is 6.88. The number of piperazine rings is 1. The SMILES string of the molecule is CCC(C)N1C(=O)C(=Cc2c(N3CCN(c4ccccc4OC)CC3)nc3ccccn3c2=O)SC1=S. The number of thioether (sulfide) groups is 1. The van der Waals surface area contributed by atoms with E-state index in [1.807, 2.05) is 44.2 Å². The van der Waals surface area contributed by atoms with E-state index in [9.17, 15) is 9.59 Å². The van der Waals surface area contributed by atoms with Gasteiger partial charge < -0.3 is 14.5 Å². The monoisotopic (exact) mass is 535 g/mol. The zero-order chi connectivity index (χ0) is 26.1. The summed E-state index contributed by atoms with van der Waals surface area (Å²) in [5, 5.41) is 0. The van der Waals surface area contributed by atoms with Gasteiger partial charge in [0.05, 0.1) is 23.3 Å². The number of anilines is 2. The molecule has 5 rings (SSSR count). The van der Waals surface area contributed by atoms with Gasteiger partial charge in [-0.15, -0.1) is 0 Å². The number of fused-ring (bicyclic) bond motifs is 1. The van der Waals surface area contributed by atoms with Crippen LogP contribution >= 0.6 is 24.0 Å². The number of methoxy groups -OCH3 is 1. The summed E-state index contributed by atoms with van der Waals surface area (Å²) in [7, 11) is 1.68. The Morgan fingerprint density at radius 1 is 1.08 bits per heavy atom. The quantitative estimate of drug-likeness (QED) is 0.346. The summed E-state index contributed by atoms with van der Waals surface area (Å²) in [6, 6.07) is 13.5. The first-order valence-electron chi connectivity index (χ1n) is 12.3. The lowest BCUT2D eigenvalue weighted by Crippen LogP contribution is -2.47. The average molecular weight is 536 g/mol. The second kappa shape index (κ2) is 10.5. The molecule has 0 N–H and O–H groups in total. The molecular formula is C27H29N5O3S2. The molecule has 0 bridgehead atoms. The van der Waals surface area contributed by atoms with Gasteiger partial charge in [-0.25, -0.2) is 4.98 Å². The van der Waals surface area contributed by atoms with Crippen LogP contribution in [0.2, 0.25) is 0 Å². The predicted molar refractivity (Wildman–Crippen MR) is 154 cm³/mol. The molecule has 4 heterocycles. The number of carbonyl (C=O) groups excluding carboxylic acids is 1. The van der Waals surface area contributed by atoms with Crippen molar-refractivity contribution in [1.82, 2.24) is 14.3 Å². The molecule has 0 spiro atoms. The molecule has 1 aromatic carbocycles. The van der Waals surface area contributed by atoms with Gasteiger partial charge in [-0.05, 0) is 43.7 Å². The molecule has 3 aromatic rings. The van der Waals surface area contributed by atoms with Crippen LogP contribution in [0.15, 0.2) is 58.4 Å². The molecule has 0 radical (unpaired) electrons. The molecule has 2 aliphatic rings. The number of amides is 1. The van der Waals surface area contributed by atoms with E-state index in [4.69, 9.17) is 21.9 Å². The molecule has 1 amide bonds.